The summed E-state index contributed by atoms with van der Waals surface area (Å²) in [6.45, 7) is -0.0474. The Hall–Kier alpha value is -2.08. The number of rotatable bonds is 5. The normalized spacial score (nSPS) is 24.7. The fraction of sp³-hybridized carbons (Fsp3) is 0.556. The quantitative estimate of drug-likeness (QED) is 0.833. The van der Waals surface area contributed by atoms with Gasteiger partial charge in [0.05, 0.1) is 32.6 Å². The molecule has 2 amide bonds. The van der Waals surface area contributed by atoms with E-state index in [0.29, 0.717) is 17.1 Å². The first-order valence-electron chi connectivity index (χ1n) is 8.32. The number of aliphatic hydroxyl groups is 1. The Kier molecular flexibility index (Phi) is 4.76. The van der Waals surface area contributed by atoms with Crippen LogP contribution in [0.5, 0.6) is 11.5 Å². The molecule has 1 aliphatic heterocycles. The number of likely N-dealkylation sites (tertiary alicyclic amines) is 1. The number of benzene rings is 1. The molecule has 130 valence electrons. The van der Waals surface area contributed by atoms with Crippen LogP contribution in [0.2, 0.25) is 0 Å². The van der Waals surface area contributed by atoms with Crippen molar-refractivity contribution >= 4 is 11.8 Å². The Balaban J connectivity index is 1.81. The molecule has 1 heterocycles. The fourth-order valence-electron chi connectivity index (χ4n) is 3.78. The van der Waals surface area contributed by atoms with E-state index in [1.165, 1.54) is 19.1 Å². The fourth-order valence-corrected chi connectivity index (χ4v) is 3.78. The molecule has 24 heavy (non-hydrogen) atoms. The summed E-state index contributed by atoms with van der Waals surface area (Å²) in [5.74, 6) is 0.380. The van der Waals surface area contributed by atoms with Crippen LogP contribution < -0.4 is 9.47 Å². The van der Waals surface area contributed by atoms with E-state index in [9.17, 15) is 14.7 Å². The van der Waals surface area contributed by atoms with Crippen LogP contribution in [-0.4, -0.2) is 42.6 Å². The molecule has 3 atom stereocenters. The minimum Gasteiger partial charge on any atom is -0.497 e. The lowest BCUT2D eigenvalue weighted by atomic mass is 9.81. The van der Waals surface area contributed by atoms with Gasteiger partial charge in [-0.15, -0.1) is 0 Å². The van der Waals surface area contributed by atoms with E-state index >= 15 is 0 Å². The van der Waals surface area contributed by atoms with Crippen molar-refractivity contribution in [3.05, 3.63) is 23.8 Å². The van der Waals surface area contributed by atoms with Crippen LogP contribution in [0.25, 0.3) is 0 Å². The van der Waals surface area contributed by atoms with Gasteiger partial charge in [0.15, 0.2) is 0 Å². The molecular weight excluding hydrogens is 310 g/mol. The highest BCUT2D eigenvalue weighted by molar-refractivity contribution is 6.05. The molecule has 0 aromatic heterocycles. The highest BCUT2D eigenvalue weighted by atomic mass is 16.5. The van der Waals surface area contributed by atoms with Gasteiger partial charge in [0.25, 0.3) is 0 Å². The summed E-state index contributed by atoms with van der Waals surface area (Å²) >= 11 is 0. The van der Waals surface area contributed by atoms with Crippen molar-refractivity contribution < 1.29 is 24.2 Å². The van der Waals surface area contributed by atoms with Gasteiger partial charge in [-0.1, -0.05) is 12.8 Å². The van der Waals surface area contributed by atoms with Crippen LogP contribution in [0, 0.1) is 11.8 Å². The van der Waals surface area contributed by atoms with Gasteiger partial charge in [0.2, 0.25) is 11.8 Å². The minimum absolute atomic E-state index is 0.0474. The van der Waals surface area contributed by atoms with Crippen LogP contribution in [-0.2, 0) is 9.59 Å². The average molecular weight is 333 g/mol. The maximum absolute atomic E-state index is 12.5. The van der Waals surface area contributed by atoms with Gasteiger partial charge in [-0.3, -0.25) is 14.5 Å². The highest BCUT2D eigenvalue weighted by Crippen LogP contribution is 2.39. The van der Waals surface area contributed by atoms with E-state index in [4.69, 9.17) is 9.47 Å². The number of aliphatic hydroxyl groups excluding tert-OH is 1. The number of carbonyl (C=O) groups is 2. The van der Waals surface area contributed by atoms with Crippen molar-refractivity contribution in [1.82, 2.24) is 4.90 Å². The Labute approximate surface area is 141 Å². The molecule has 0 spiro atoms. The van der Waals surface area contributed by atoms with Gasteiger partial charge in [-0.2, -0.15) is 0 Å². The van der Waals surface area contributed by atoms with Gasteiger partial charge >= 0.3 is 0 Å². The molecule has 1 aromatic rings. The zero-order valence-corrected chi connectivity index (χ0v) is 14.0. The van der Waals surface area contributed by atoms with Crippen molar-refractivity contribution in [3.63, 3.8) is 0 Å². The molecular formula is C18H23NO5. The van der Waals surface area contributed by atoms with Crippen LogP contribution >= 0.6 is 0 Å². The van der Waals surface area contributed by atoms with Gasteiger partial charge in [0.1, 0.15) is 17.6 Å². The smallest absolute Gasteiger partial charge is 0.233 e. The zero-order valence-electron chi connectivity index (χ0n) is 14.0. The molecule has 1 N–H and O–H groups in total. The molecule has 6 nitrogen and oxygen atoms in total. The second kappa shape index (κ2) is 6.81. The molecule has 2 aliphatic rings. The van der Waals surface area contributed by atoms with Crippen LogP contribution in [0.1, 0.15) is 37.4 Å². The minimum atomic E-state index is -1.01. The molecule has 1 saturated heterocycles. The molecule has 0 radical (unpaired) electrons. The number of nitrogens with zero attached hydrogens (tertiary/aromatic N) is 1. The van der Waals surface area contributed by atoms with Gasteiger partial charge in [-0.05, 0) is 31.0 Å². The van der Waals surface area contributed by atoms with E-state index in [-0.39, 0.29) is 30.2 Å². The van der Waals surface area contributed by atoms with Crippen molar-refractivity contribution in [2.24, 2.45) is 11.8 Å². The summed E-state index contributed by atoms with van der Waals surface area (Å²) in [7, 11) is 3.05. The number of hydrogen-bond acceptors (Lipinski definition) is 5. The molecule has 3 rings (SSSR count). The summed E-state index contributed by atoms with van der Waals surface area (Å²) in [5, 5.41) is 10.6. The molecule has 1 saturated carbocycles. The number of methoxy groups -OCH3 is 2. The summed E-state index contributed by atoms with van der Waals surface area (Å²) < 4.78 is 10.5. The first-order valence-corrected chi connectivity index (χ1v) is 8.32. The molecule has 1 aromatic carbocycles. The van der Waals surface area contributed by atoms with E-state index < -0.39 is 6.10 Å². The lowest BCUT2D eigenvalue weighted by Gasteiger charge is -2.21. The lowest BCUT2D eigenvalue weighted by Crippen LogP contribution is -2.35. The van der Waals surface area contributed by atoms with Gasteiger partial charge < -0.3 is 14.6 Å². The SMILES string of the molecule is COc1ccc(OC)c([C@@H](O)CN2C(=O)[C@H]3CCCC[C@H]3C2=O)c1. The van der Waals surface area contributed by atoms with E-state index in [2.05, 4.69) is 0 Å². The summed E-state index contributed by atoms with van der Waals surface area (Å²) in [6, 6.07) is 5.10. The second-order valence-electron chi connectivity index (χ2n) is 6.41. The van der Waals surface area contributed by atoms with Gasteiger partial charge in [0, 0.05) is 5.56 Å². The largest absolute Gasteiger partial charge is 0.497 e. The molecule has 6 heteroatoms. The van der Waals surface area contributed by atoms with E-state index in [1.807, 2.05) is 0 Å². The van der Waals surface area contributed by atoms with Crippen molar-refractivity contribution in [1.29, 1.82) is 0 Å². The topological polar surface area (TPSA) is 76.1 Å². The van der Waals surface area contributed by atoms with Crippen LogP contribution in [0.15, 0.2) is 18.2 Å². The Morgan fingerprint density at radius 2 is 1.75 bits per heavy atom. The second-order valence-corrected chi connectivity index (χ2v) is 6.41. The first-order chi connectivity index (χ1) is 11.6. The number of β-amino-alcohol motifs (C(OH)–C–C–N with tert-alkyl or cyclic N) is 1. The summed E-state index contributed by atoms with van der Waals surface area (Å²) in [4.78, 5) is 26.3. The number of imide groups is 1. The lowest BCUT2D eigenvalue weighted by molar-refractivity contribution is -0.141. The monoisotopic (exact) mass is 333 g/mol. The zero-order chi connectivity index (χ0) is 17.3. The predicted molar refractivity (Wildman–Crippen MR) is 86.7 cm³/mol. The Bertz CT molecular complexity index is 620. The Morgan fingerprint density at radius 3 is 2.29 bits per heavy atom. The van der Waals surface area contributed by atoms with Crippen LogP contribution in [0.3, 0.4) is 0 Å². The summed E-state index contributed by atoms with van der Waals surface area (Å²) in [5.41, 5.74) is 0.507. The van der Waals surface area contributed by atoms with Crippen molar-refractivity contribution in [2.75, 3.05) is 20.8 Å². The molecule has 0 unspecified atom stereocenters. The van der Waals surface area contributed by atoms with Crippen LogP contribution in [0.4, 0.5) is 0 Å². The molecule has 1 aliphatic carbocycles. The standard InChI is InChI=1S/C18H23NO5/c1-23-11-7-8-16(24-2)14(9-11)15(20)10-19-17(21)12-5-3-4-6-13(12)18(19)22/h7-9,12-13,15,20H,3-6,10H2,1-2H3/t12-,13+,15-/m0/s1. The third-order valence-corrected chi connectivity index (χ3v) is 5.08. The highest BCUT2D eigenvalue weighted by Gasteiger charge is 2.48. The van der Waals surface area contributed by atoms with E-state index in [1.54, 1.807) is 18.2 Å². The average Bonchev–Trinajstić information content (AvgIpc) is 2.86. The van der Waals surface area contributed by atoms with Crippen molar-refractivity contribution in [3.8, 4) is 11.5 Å². The van der Waals surface area contributed by atoms with Gasteiger partial charge in [-0.25, -0.2) is 0 Å². The van der Waals surface area contributed by atoms with E-state index in [0.717, 1.165) is 25.7 Å². The Morgan fingerprint density at radius 1 is 1.12 bits per heavy atom. The number of carbonyl (C=O) groups excluding carboxylic acids is 2. The van der Waals surface area contributed by atoms with Crippen molar-refractivity contribution in [2.45, 2.75) is 31.8 Å². The maximum atomic E-state index is 12.5. The molecule has 0 bridgehead atoms. The number of fused-ring (bicyclic) bond motifs is 1. The first kappa shape index (κ1) is 16.8. The number of ether oxygens (including phenoxy) is 2. The maximum Gasteiger partial charge on any atom is 0.233 e. The number of hydrogen-bond donors (Lipinski definition) is 1. The number of amides is 2. The third kappa shape index (κ3) is 2.86. The summed E-state index contributed by atoms with van der Waals surface area (Å²) in [6.07, 6.45) is 2.50. The third-order valence-electron chi connectivity index (χ3n) is 5.08. The predicted octanol–water partition coefficient (Wildman–Crippen LogP) is 1.91. The molecule has 2 fully saturated rings.